The Morgan fingerprint density at radius 3 is 2.14 bits per heavy atom. The van der Waals surface area contributed by atoms with Crippen molar-refractivity contribution in [2.75, 3.05) is 13.1 Å². The molecule has 21 heavy (non-hydrogen) atoms. The summed E-state index contributed by atoms with van der Waals surface area (Å²) in [5.41, 5.74) is 0.338. The lowest BCUT2D eigenvalue weighted by Crippen LogP contribution is -2.60. The molecule has 0 N–H and O–H groups in total. The van der Waals surface area contributed by atoms with Gasteiger partial charge in [-0.3, -0.25) is 9.69 Å². The van der Waals surface area contributed by atoms with Crippen molar-refractivity contribution >= 4 is 5.78 Å². The Morgan fingerprint density at radius 2 is 1.67 bits per heavy atom. The van der Waals surface area contributed by atoms with Crippen LogP contribution < -0.4 is 0 Å². The van der Waals surface area contributed by atoms with Crippen molar-refractivity contribution in [3.63, 3.8) is 0 Å². The first kappa shape index (κ1) is 16.2. The molecule has 1 saturated heterocycles. The summed E-state index contributed by atoms with van der Waals surface area (Å²) in [7, 11) is 0. The number of morpholine rings is 1. The minimum Gasteiger partial charge on any atom is -0.367 e. The molecule has 1 aliphatic rings. The van der Waals surface area contributed by atoms with E-state index >= 15 is 0 Å². The smallest absolute Gasteiger partial charge is 0.179 e. The summed E-state index contributed by atoms with van der Waals surface area (Å²) in [5.74, 6) is 0.214. The van der Waals surface area contributed by atoms with Crippen molar-refractivity contribution < 1.29 is 9.53 Å². The molecule has 1 fully saturated rings. The van der Waals surface area contributed by atoms with E-state index in [2.05, 4.69) is 39.5 Å². The Kier molecular flexibility index (Phi) is 4.54. The van der Waals surface area contributed by atoms with E-state index in [1.165, 1.54) is 0 Å². The third kappa shape index (κ3) is 3.92. The zero-order valence-electron chi connectivity index (χ0n) is 13.8. The van der Waals surface area contributed by atoms with Crippen molar-refractivity contribution in [3.8, 4) is 0 Å². The van der Waals surface area contributed by atoms with Gasteiger partial charge in [0, 0.05) is 18.7 Å². The zero-order valence-corrected chi connectivity index (χ0v) is 13.8. The Balaban J connectivity index is 2.23. The fraction of sp³-hybridized carbons (Fsp3) is 0.611. The van der Waals surface area contributed by atoms with E-state index in [0.29, 0.717) is 0 Å². The number of ether oxygens (including phenoxy) is 1. The molecular weight excluding hydrogens is 262 g/mol. The normalized spacial score (nSPS) is 22.7. The van der Waals surface area contributed by atoms with Gasteiger partial charge >= 0.3 is 0 Å². The average molecular weight is 289 g/mol. The first-order valence-electron chi connectivity index (χ1n) is 7.77. The second kappa shape index (κ2) is 5.90. The van der Waals surface area contributed by atoms with E-state index in [4.69, 9.17) is 4.74 Å². The summed E-state index contributed by atoms with van der Waals surface area (Å²) in [6.45, 7) is 12.0. The largest absolute Gasteiger partial charge is 0.367 e. The van der Waals surface area contributed by atoms with Gasteiger partial charge in [0.1, 0.15) is 0 Å². The van der Waals surface area contributed by atoms with E-state index in [1.807, 2.05) is 30.3 Å². The summed E-state index contributed by atoms with van der Waals surface area (Å²) < 4.78 is 6.12. The highest BCUT2D eigenvalue weighted by Gasteiger charge is 2.41. The van der Waals surface area contributed by atoms with Crippen molar-refractivity contribution in [2.24, 2.45) is 0 Å². The molecular formula is C18H27NO2. The lowest BCUT2D eigenvalue weighted by atomic mass is 9.93. The van der Waals surface area contributed by atoms with Gasteiger partial charge in [0.25, 0.3) is 0 Å². The van der Waals surface area contributed by atoms with Crippen LogP contribution in [0.5, 0.6) is 0 Å². The van der Waals surface area contributed by atoms with Gasteiger partial charge in [0.15, 0.2) is 5.78 Å². The molecule has 1 unspecified atom stereocenters. The summed E-state index contributed by atoms with van der Waals surface area (Å²) >= 11 is 0. The van der Waals surface area contributed by atoms with Crippen LogP contribution in [-0.2, 0) is 4.74 Å². The maximum atomic E-state index is 12.8. The van der Waals surface area contributed by atoms with Gasteiger partial charge in [-0.2, -0.15) is 0 Å². The third-order valence-electron chi connectivity index (χ3n) is 3.91. The molecule has 0 aromatic heterocycles. The van der Waals surface area contributed by atoms with E-state index in [1.54, 1.807) is 0 Å². The van der Waals surface area contributed by atoms with E-state index in [9.17, 15) is 4.79 Å². The lowest BCUT2D eigenvalue weighted by Gasteiger charge is -2.49. The third-order valence-corrected chi connectivity index (χ3v) is 3.91. The second-order valence-corrected chi connectivity index (χ2v) is 7.18. The Labute approximate surface area is 128 Å². The van der Waals surface area contributed by atoms with Crippen LogP contribution in [0.1, 0.15) is 51.4 Å². The van der Waals surface area contributed by atoms with Crippen LogP contribution in [0.3, 0.4) is 0 Å². The predicted octanol–water partition coefficient (Wildman–Crippen LogP) is 3.54. The van der Waals surface area contributed by atoms with Gasteiger partial charge in [-0.15, -0.1) is 0 Å². The monoisotopic (exact) mass is 289 g/mol. The number of rotatable bonds is 4. The van der Waals surface area contributed by atoms with E-state index in [0.717, 1.165) is 25.1 Å². The van der Waals surface area contributed by atoms with Gasteiger partial charge in [0.2, 0.25) is 0 Å². The molecule has 1 aromatic rings. The number of Topliss-reactive ketones (excluding diaryl/α,β-unsaturated/α-hetero) is 1. The number of benzene rings is 1. The molecule has 2 rings (SSSR count). The van der Waals surface area contributed by atoms with Crippen molar-refractivity contribution in [1.82, 2.24) is 4.90 Å². The topological polar surface area (TPSA) is 29.5 Å². The maximum Gasteiger partial charge on any atom is 0.179 e. The molecule has 1 aromatic carbocycles. The number of hydrogen-bond acceptors (Lipinski definition) is 3. The molecule has 0 spiro atoms. The second-order valence-electron chi connectivity index (χ2n) is 7.18. The fourth-order valence-electron chi connectivity index (χ4n) is 3.47. The van der Waals surface area contributed by atoms with Gasteiger partial charge < -0.3 is 4.74 Å². The van der Waals surface area contributed by atoms with Gasteiger partial charge in [0.05, 0.1) is 17.2 Å². The summed E-state index contributed by atoms with van der Waals surface area (Å²) in [4.78, 5) is 15.1. The van der Waals surface area contributed by atoms with Crippen LogP contribution in [0.25, 0.3) is 0 Å². The summed E-state index contributed by atoms with van der Waals surface area (Å²) in [6.07, 6.45) is 0.819. The zero-order chi connectivity index (χ0) is 15.7. The fourth-order valence-corrected chi connectivity index (χ4v) is 3.47. The molecule has 3 heteroatoms. The molecule has 1 atom stereocenters. The van der Waals surface area contributed by atoms with Crippen LogP contribution in [0, 0.1) is 0 Å². The van der Waals surface area contributed by atoms with Crippen LogP contribution in [0.15, 0.2) is 30.3 Å². The average Bonchev–Trinajstić information content (AvgIpc) is 2.37. The molecule has 0 radical (unpaired) electrons. The van der Waals surface area contributed by atoms with Crippen LogP contribution in [-0.4, -0.2) is 41.0 Å². The summed E-state index contributed by atoms with van der Waals surface area (Å²) in [6, 6.07) is 9.53. The minimum atomic E-state index is -0.230. The molecule has 0 amide bonds. The number of nitrogens with zero attached hydrogens (tertiary/aromatic N) is 1. The summed E-state index contributed by atoms with van der Waals surface area (Å²) in [5, 5.41) is 0. The standard InChI is InChI=1S/C18H27NO2/c1-6-15(16(20)14-10-8-7-9-11-14)19-12-17(2,3)21-18(4,5)13-19/h7-11,15H,6,12-13H2,1-5H3. The molecule has 0 aliphatic carbocycles. The molecule has 116 valence electrons. The lowest BCUT2D eigenvalue weighted by molar-refractivity contribution is -0.184. The number of ketones is 1. The molecule has 3 nitrogen and oxygen atoms in total. The SMILES string of the molecule is CCC(C(=O)c1ccccc1)N1CC(C)(C)OC(C)(C)C1. The Morgan fingerprint density at radius 1 is 1.14 bits per heavy atom. The van der Waals surface area contributed by atoms with Gasteiger partial charge in [-0.25, -0.2) is 0 Å². The molecule has 0 bridgehead atoms. The minimum absolute atomic E-state index is 0.0742. The number of carbonyl (C=O) groups excluding carboxylic acids is 1. The van der Waals surface area contributed by atoms with Crippen LogP contribution >= 0.6 is 0 Å². The first-order chi connectivity index (χ1) is 9.74. The Hall–Kier alpha value is -1.19. The highest BCUT2D eigenvalue weighted by Crippen LogP contribution is 2.30. The number of carbonyl (C=O) groups is 1. The van der Waals surface area contributed by atoms with E-state index in [-0.39, 0.29) is 23.0 Å². The van der Waals surface area contributed by atoms with Gasteiger partial charge in [-0.1, -0.05) is 37.3 Å². The van der Waals surface area contributed by atoms with Crippen LogP contribution in [0.4, 0.5) is 0 Å². The molecule has 0 saturated carbocycles. The van der Waals surface area contributed by atoms with Gasteiger partial charge in [-0.05, 0) is 34.1 Å². The van der Waals surface area contributed by atoms with Crippen molar-refractivity contribution in [3.05, 3.63) is 35.9 Å². The van der Waals surface area contributed by atoms with E-state index < -0.39 is 0 Å². The molecule has 1 aliphatic heterocycles. The first-order valence-corrected chi connectivity index (χ1v) is 7.77. The highest BCUT2D eigenvalue weighted by atomic mass is 16.5. The Bertz CT molecular complexity index is 477. The quantitative estimate of drug-likeness (QED) is 0.794. The molecule has 1 heterocycles. The highest BCUT2D eigenvalue weighted by molar-refractivity contribution is 6.00. The van der Waals surface area contributed by atoms with Crippen molar-refractivity contribution in [2.45, 2.75) is 58.3 Å². The number of hydrogen-bond donors (Lipinski definition) is 0. The van der Waals surface area contributed by atoms with Crippen molar-refractivity contribution in [1.29, 1.82) is 0 Å². The van der Waals surface area contributed by atoms with Crippen LogP contribution in [0.2, 0.25) is 0 Å². The maximum absolute atomic E-state index is 12.8. The predicted molar refractivity (Wildman–Crippen MR) is 85.7 cm³/mol.